The van der Waals surface area contributed by atoms with E-state index in [0.717, 1.165) is 50.3 Å². The van der Waals surface area contributed by atoms with Gasteiger partial charge in [0.05, 0.1) is 12.2 Å². The van der Waals surface area contributed by atoms with E-state index in [1.54, 1.807) is 21.8 Å². The van der Waals surface area contributed by atoms with Crippen LogP contribution in [-0.2, 0) is 13.0 Å². The van der Waals surface area contributed by atoms with Crippen LogP contribution >= 0.6 is 0 Å². The summed E-state index contributed by atoms with van der Waals surface area (Å²) in [5.41, 5.74) is 2.43. The highest BCUT2D eigenvalue weighted by Gasteiger charge is 2.26. The maximum atomic E-state index is 14.6. The lowest BCUT2D eigenvalue weighted by molar-refractivity contribution is 0.0651. The summed E-state index contributed by atoms with van der Waals surface area (Å²) >= 11 is 0. The first kappa shape index (κ1) is 23.7. The average Bonchev–Trinajstić information content (AvgIpc) is 3.30. The number of carbonyl (C=O) groups excluding carboxylic acids is 1. The average molecular weight is 490 g/mol. The number of anilines is 1. The van der Waals surface area contributed by atoms with Gasteiger partial charge in [0, 0.05) is 49.7 Å². The van der Waals surface area contributed by atoms with Gasteiger partial charge in [-0.15, -0.1) is 0 Å². The number of benzene rings is 1. The lowest BCUT2D eigenvalue weighted by atomic mass is 10.1. The number of amides is 1. The van der Waals surface area contributed by atoms with Crippen molar-refractivity contribution in [3.8, 4) is 11.8 Å². The maximum Gasteiger partial charge on any atom is 0.253 e. The summed E-state index contributed by atoms with van der Waals surface area (Å²) in [6.07, 6.45) is 8.82. The zero-order valence-electron chi connectivity index (χ0n) is 20.2. The molecule has 4 heterocycles. The monoisotopic (exact) mass is 489 g/mol. The Hall–Kier alpha value is -4.00. The lowest BCUT2D eigenvalue weighted by Crippen LogP contribution is -2.42. The first-order valence-electron chi connectivity index (χ1n) is 12.3. The van der Waals surface area contributed by atoms with Gasteiger partial charge in [-0.05, 0) is 49.4 Å². The molecule has 0 N–H and O–H groups in total. The smallest absolute Gasteiger partial charge is 0.253 e. The van der Waals surface area contributed by atoms with E-state index in [-0.39, 0.29) is 24.3 Å². The standard InChI is InChI=1S/C26H28FN7O2/c1-2-18-14-29-26(30-15-18)33-10-6-21(7-11-33)34-23(13-28)20(16-31-34)17-36-24-5-4-19(12-22(24)27)25(35)32-8-3-9-32/h4-5,12,14-16,21H,2-3,6-11,17H2,1H3. The van der Waals surface area contributed by atoms with E-state index >= 15 is 0 Å². The third-order valence-electron chi connectivity index (χ3n) is 6.88. The van der Waals surface area contributed by atoms with Crippen LogP contribution in [0.3, 0.4) is 0 Å². The molecule has 2 aliphatic rings. The minimum atomic E-state index is -0.603. The number of aromatic nitrogens is 4. The van der Waals surface area contributed by atoms with Crippen LogP contribution in [0.25, 0.3) is 0 Å². The van der Waals surface area contributed by atoms with E-state index in [4.69, 9.17) is 4.74 Å². The Morgan fingerprint density at radius 2 is 1.92 bits per heavy atom. The van der Waals surface area contributed by atoms with Crippen LogP contribution in [0.15, 0.2) is 36.8 Å². The molecule has 10 heteroatoms. The van der Waals surface area contributed by atoms with Crippen LogP contribution in [0.1, 0.15) is 59.4 Å². The second kappa shape index (κ2) is 10.3. The molecule has 0 saturated carbocycles. The molecular weight excluding hydrogens is 461 g/mol. The fourth-order valence-corrected chi connectivity index (χ4v) is 4.52. The van der Waals surface area contributed by atoms with Crippen molar-refractivity contribution < 1.29 is 13.9 Å². The molecule has 2 aliphatic heterocycles. The number of halogens is 1. The normalized spacial score (nSPS) is 15.9. The summed E-state index contributed by atoms with van der Waals surface area (Å²) in [6, 6.07) is 6.55. The molecule has 186 valence electrons. The van der Waals surface area contributed by atoms with Crippen LogP contribution in [0.2, 0.25) is 0 Å². The van der Waals surface area contributed by atoms with Crippen LogP contribution in [0.4, 0.5) is 10.3 Å². The molecule has 2 fully saturated rings. The van der Waals surface area contributed by atoms with Crippen molar-refractivity contribution in [2.75, 3.05) is 31.1 Å². The van der Waals surface area contributed by atoms with Gasteiger partial charge < -0.3 is 14.5 Å². The molecule has 1 amide bonds. The van der Waals surface area contributed by atoms with Crippen molar-refractivity contribution in [2.24, 2.45) is 0 Å². The Morgan fingerprint density at radius 3 is 2.53 bits per heavy atom. The van der Waals surface area contributed by atoms with Gasteiger partial charge in [0.1, 0.15) is 18.4 Å². The van der Waals surface area contributed by atoms with E-state index in [1.165, 1.54) is 12.1 Å². The Morgan fingerprint density at radius 1 is 1.17 bits per heavy atom. The minimum absolute atomic E-state index is 0.00962. The number of nitrogens with zero attached hydrogens (tertiary/aromatic N) is 7. The van der Waals surface area contributed by atoms with Crippen molar-refractivity contribution in [3.63, 3.8) is 0 Å². The number of rotatable bonds is 7. The van der Waals surface area contributed by atoms with Crippen LogP contribution in [0.5, 0.6) is 5.75 Å². The number of hydrogen-bond donors (Lipinski definition) is 0. The highest BCUT2D eigenvalue weighted by molar-refractivity contribution is 5.94. The van der Waals surface area contributed by atoms with Crippen molar-refractivity contribution in [1.82, 2.24) is 24.6 Å². The second-order valence-electron chi connectivity index (χ2n) is 9.12. The number of carbonyl (C=O) groups is 1. The number of likely N-dealkylation sites (tertiary alicyclic amines) is 1. The number of aryl methyl sites for hydroxylation is 1. The molecule has 0 bridgehead atoms. The van der Waals surface area contributed by atoms with Gasteiger partial charge in [-0.1, -0.05) is 6.92 Å². The molecule has 1 aromatic carbocycles. The summed E-state index contributed by atoms with van der Waals surface area (Å²) in [6.45, 7) is 5.03. The van der Waals surface area contributed by atoms with Gasteiger partial charge in [-0.25, -0.2) is 14.4 Å². The molecule has 0 radical (unpaired) electrons. The molecule has 0 aliphatic carbocycles. The predicted octanol–water partition coefficient (Wildman–Crippen LogP) is 3.51. The summed E-state index contributed by atoms with van der Waals surface area (Å²) in [5, 5.41) is 14.3. The quantitative estimate of drug-likeness (QED) is 0.501. The summed E-state index contributed by atoms with van der Waals surface area (Å²) < 4.78 is 22.0. The number of piperidine rings is 1. The Balaban J connectivity index is 1.21. The van der Waals surface area contributed by atoms with E-state index in [9.17, 15) is 14.4 Å². The van der Waals surface area contributed by atoms with E-state index in [1.807, 2.05) is 12.4 Å². The van der Waals surface area contributed by atoms with Gasteiger partial charge in [0.25, 0.3) is 5.91 Å². The first-order valence-corrected chi connectivity index (χ1v) is 12.3. The molecule has 0 spiro atoms. The Kier molecular flexibility index (Phi) is 6.80. The van der Waals surface area contributed by atoms with E-state index in [2.05, 4.69) is 33.0 Å². The first-order chi connectivity index (χ1) is 17.6. The SMILES string of the molecule is CCc1cnc(N2CCC(n3ncc(COc4ccc(C(=O)N5CCC5)cc4F)c3C#N)CC2)nc1. The largest absolute Gasteiger partial charge is 0.486 e. The second-order valence-corrected chi connectivity index (χ2v) is 9.12. The highest BCUT2D eigenvalue weighted by atomic mass is 19.1. The van der Waals surface area contributed by atoms with Gasteiger partial charge in [0.2, 0.25) is 5.95 Å². The van der Waals surface area contributed by atoms with Crippen molar-refractivity contribution in [1.29, 1.82) is 5.26 Å². The predicted molar refractivity (Wildman–Crippen MR) is 130 cm³/mol. The van der Waals surface area contributed by atoms with Crippen molar-refractivity contribution >= 4 is 11.9 Å². The maximum absolute atomic E-state index is 14.6. The fraction of sp³-hybridized carbons (Fsp3) is 0.423. The highest BCUT2D eigenvalue weighted by Crippen LogP contribution is 2.27. The molecule has 3 aromatic rings. The Bertz CT molecular complexity index is 1270. The Labute approximate surface area is 209 Å². The zero-order valence-corrected chi connectivity index (χ0v) is 20.2. The number of hydrogen-bond acceptors (Lipinski definition) is 7. The van der Waals surface area contributed by atoms with Crippen LogP contribution < -0.4 is 9.64 Å². The van der Waals surface area contributed by atoms with Crippen molar-refractivity contribution in [3.05, 3.63) is 65.0 Å². The molecule has 2 saturated heterocycles. The zero-order chi connectivity index (χ0) is 25.1. The van der Waals surface area contributed by atoms with Gasteiger partial charge in [-0.3, -0.25) is 9.48 Å². The number of nitriles is 1. The summed E-state index contributed by atoms with van der Waals surface area (Å²) in [7, 11) is 0. The van der Waals surface area contributed by atoms with Crippen molar-refractivity contribution in [2.45, 2.75) is 45.3 Å². The van der Waals surface area contributed by atoms with Gasteiger partial charge >= 0.3 is 0 Å². The lowest BCUT2D eigenvalue weighted by Gasteiger charge is -2.32. The van der Waals surface area contributed by atoms with E-state index in [0.29, 0.717) is 29.9 Å². The minimum Gasteiger partial charge on any atom is -0.486 e. The van der Waals surface area contributed by atoms with Gasteiger partial charge in [-0.2, -0.15) is 10.4 Å². The fourth-order valence-electron chi connectivity index (χ4n) is 4.52. The summed E-state index contributed by atoms with van der Waals surface area (Å²) in [5.74, 6) is -0.0151. The van der Waals surface area contributed by atoms with Gasteiger partial charge in [0.15, 0.2) is 11.6 Å². The summed E-state index contributed by atoms with van der Waals surface area (Å²) in [4.78, 5) is 25.1. The van der Waals surface area contributed by atoms with Crippen LogP contribution in [0, 0.1) is 17.1 Å². The molecule has 36 heavy (non-hydrogen) atoms. The third kappa shape index (κ3) is 4.73. The molecular formula is C26H28FN7O2. The van der Waals surface area contributed by atoms with E-state index < -0.39 is 5.82 Å². The molecule has 0 unspecified atom stereocenters. The van der Waals surface area contributed by atoms with Crippen LogP contribution in [-0.4, -0.2) is 56.7 Å². The third-order valence-corrected chi connectivity index (χ3v) is 6.88. The molecule has 0 atom stereocenters. The molecule has 9 nitrogen and oxygen atoms in total. The molecule has 2 aromatic heterocycles. The molecule has 5 rings (SSSR count). The topological polar surface area (TPSA) is 100 Å². The number of ether oxygens (including phenoxy) is 1.